The summed E-state index contributed by atoms with van der Waals surface area (Å²) in [6.07, 6.45) is 6.19. The lowest BCUT2D eigenvalue weighted by atomic mass is 9.71. The molecule has 2 fully saturated rings. The number of nitrogens with one attached hydrogen (secondary N) is 1. The molecular formula is C13H21N5O2. The van der Waals surface area contributed by atoms with Crippen LogP contribution in [0.15, 0.2) is 6.33 Å². The molecule has 2 amide bonds. The minimum Gasteiger partial charge on any atom is -0.389 e. The first-order valence-electron chi connectivity index (χ1n) is 7.21. The van der Waals surface area contributed by atoms with Gasteiger partial charge in [0.2, 0.25) is 5.95 Å². The maximum Gasteiger partial charge on any atom is 0.324 e. The van der Waals surface area contributed by atoms with Crippen molar-refractivity contribution in [1.29, 1.82) is 0 Å². The Balaban J connectivity index is 1.64. The van der Waals surface area contributed by atoms with Crippen LogP contribution in [0.1, 0.15) is 32.1 Å². The van der Waals surface area contributed by atoms with Gasteiger partial charge in [-0.25, -0.2) is 9.48 Å². The van der Waals surface area contributed by atoms with Crippen LogP contribution in [0.25, 0.3) is 0 Å². The number of hydrogen-bond donors (Lipinski definition) is 2. The average molecular weight is 279 g/mol. The third kappa shape index (κ3) is 2.37. The molecule has 2 atom stereocenters. The normalized spacial score (nSPS) is 29.9. The molecule has 1 saturated heterocycles. The summed E-state index contributed by atoms with van der Waals surface area (Å²) < 4.78 is 1.53. The molecule has 2 heterocycles. The monoisotopic (exact) mass is 279 g/mol. The zero-order valence-electron chi connectivity index (χ0n) is 11.7. The number of likely N-dealkylation sites (tertiary alicyclic amines) is 1. The van der Waals surface area contributed by atoms with Crippen molar-refractivity contribution >= 4 is 12.0 Å². The molecule has 7 nitrogen and oxygen atoms in total. The molecule has 0 bridgehead atoms. The first-order valence-corrected chi connectivity index (χ1v) is 7.21. The standard InChI is InChI=1S/C13H21N5O2/c1-17-11(14-9-15-17)16-12(19)18-7-6-13(20)5-3-2-4-10(13)8-18/h9-10,20H,2-8H2,1H3,(H,14,15,16,19). The van der Waals surface area contributed by atoms with Gasteiger partial charge in [0, 0.05) is 26.1 Å². The van der Waals surface area contributed by atoms with E-state index in [0.29, 0.717) is 25.5 Å². The Morgan fingerprint density at radius 1 is 1.50 bits per heavy atom. The maximum absolute atomic E-state index is 12.2. The number of amides is 2. The molecule has 1 aromatic rings. The van der Waals surface area contributed by atoms with Gasteiger partial charge in [-0.05, 0) is 19.3 Å². The second kappa shape index (κ2) is 5.05. The summed E-state index contributed by atoms with van der Waals surface area (Å²) in [4.78, 5) is 18.0. The van der Waals surface area contributed by atoms with Crippen molar-refractivity contribution in [3.05, 3.63) is 6.33 Å². The lowest BCUT2D eigenvalue weighted by Gasteiger charge is -2.47. The highest BCUT2D eigenvalue weighted by Crippen LogP contribution is 2.39. The van der Waals surface area contributed by atoms with E-state index in [1.165, 1.54) is 11.0 Å². The van der Waals surface area contributed by atoms with Crippen LogP contribution < -0.4 is 5.32 Å². The largest absolute Gasteiger partial charge is 0.389 e. The van der Waals surface area contributed by atoms with Crippen LogP contribution in [0.3, 0.4) is 0 Å². The zero-order chi connectivity index (χ0) is 14.2. The molecule has 2 aliphatic rings. The van der Waals surface area contributed by atoms with Crippen molar-refractivity contribution in [2.45, 2.75) is 37.7 Å². The third-order valence-corrected chi connectivity index (χ3v) is 4.64. The molecule has 1 aliphatic heterocycles. The van der Waals surface area contributed by atoms with Crippen molar-refractivity contribution in [2.75, 3.05) is 18.4 Å². The summed E-state index contributed by atoms with van der Waals surface area (Å²) in [6.45, 7) is 1.22. The predicted octanol–water partition coefficient (Wildman–Crippen LogP) is 0.974. The van der Waals surface area contributed by atoms with E-state index in [9.17, 15) is 9.90 Å². The number of rotatable bonds is 1. The molecule has 1 saturated carbocycles. The van der Waals surface area contributed by atoms with Crippen LogP contribution in [0.5, 0.6) is 0 Å². The summed E-state index contributed by atoms with van der Waals surface area (Å²) in [5.74, 6) is 0.648. The SMILES string of the molecule is Cn1ncnc1NC(=O)N1CCC2(O)CCCCC2C1. The van der Waals surface area contributed by atoms with Gasteiger partial charge in [-0.1, -0.05) is 12.8 Å². The number of piperidine rings is 1. The van der Waals surface area contributed by atoms with Gasteiger partial charge in [-0.2, -0.15) is 10.1 Å². The molecule has 1 aromatic heterocycles. The molecule has 7 heteroatoms. The Hall–Kier alpha value is -1.63. The summed E-state index contributed by atoms with van der Waals surface area (Å²) in [5.41, 5.74) is -0.556. The van der Waals surface area contributed by atoms with Gasteiger partial charge in [0.1, 0.15) is 6.33 Å². The average Bonchev–Trinajstić information content (AvgIpc) is 2.83. The van der Waals surface area contributed by atoms with Crippen molar-refractivity contribution in [3.8, 4) is 0 Å². The van der Waals surface area contributed by atoms with Crippen LogP contribution >= 0.6 is 0 Å². The quantitative estimate of drug-likeness (QED) is 0.802. The van der Waals surface area contributed by atoms with E-state index >= 15 is 0 Å². The number of fused-ring (bicyclic) bond motifs is 1. The Labute approximate surface area is 118 Å². The molecule has 3 rings (SSSR count). The molecule has 0 spiro atoms. The molecular weight excluding hydrogens is 258 g/mol. The third-order valence-electron chi connectivity index (χ3n) is 4.64. The predicted molar refractivity (Wildman–Crippen MR) is 73.1 cm³/mol. The van der Waals surface area contributed by atoms with E-state index in [1.54, 1.807) is 11.9 Å². The maximum atomic E-state index is 12.2. The molecule has 1 aliphatic carbocycles. The number of carbonyl (C=O) groups excluding carboxylic acids is 1. The number of urea groups is 1. The number of hydrogen-bond acceptors (Lipinski definition) is 4. The van der Waals surface area contributed by atoms with Gasteiger partial charge < -0.3 is 10.0 Å². The first-order chi connectivity index (χ1) is 9.58. The number of aliphatic hydroxyl groups is 1. The van der Waals surface area contributed by atoms with Crippen LogP contribution in [0.2, 0.25) is 0 Å². The van der Waals surface area contributed by atoms with Gasteiger partial charge in [0.05, 0.1) is 5.60 Å². The van der Waals surface area contributed by atoms with E-state index < -0.39 is 5.60 Å². The topological polar surface area (TPSA) is 83.3 Å². The molecule has 2 N–H and O–H groups in total. The van der Waals surface area contributed by atoms with Crippen molar-refractivity contribution in [1.82, 2.24) is 19.7 Å². The minimum absolute atomic E-state index is 0.159. The zero-order valence-corrected chi connectivity index (χ0v) is 11.7. The smallest absolute Gasteiger partial charge is 0.324 e. The fraction of sp³-hybridized carbons (Fsp3) is 0.769. The fourth-order valence-electron chi connectivity index (χ4n) is 3.34. The Morgan fingerprint density at radius 3 is 3.10 bits per heavy atom. The van der Waals surface area contributed by atoms with Crippen molar-refractivity contribution in [2.24, 2.45) is 13.0 Å². The van der Waals surface area contributed by atoms with Gasteiger partial charge >= 0.3 is 6.03 Å². The molecule has 0 radical (unpaired) electrons. The van der Waals surface area contributed by atoms with Crippen LogP contribution in [0, 0.1) is 5.92 Å². The molecule has 0 aromatic carbocycles. The van der Waals surface area contributed by atoms with Crippen LogP contribution in [0.4, 0.5) is 10.7 Å². The Bertz CT molecular complexity index is 503. The van der Waals surface area contributed by atoms with E-state index in [1.807, 2.05) is 0 Å². The summed E-state index contributed by atoms with van der Waals surface area (Å²) in [5, 5.41) is 17.3. The van der Waals surface area contributed by atoms with E-state index in [-0.39, 0.29) is 11.9 Å². The highest BCUT2D eigenvalue weighted by Gasteiger charge is 2.43. The first kappa shape index (κ1) is 13.4. The summed E-state index contributed by atoms with van der Waals surface area (Å²) in [6, 6.07) is -0.159. The van der Waals surface area contributed by atoms with Gasteiger partial charge in [0.15, 0.2) is 0 Å². The molecule has 20 heavy (non-hydrogen) atoms. The fourth-order valence-corrected chi connectivity index (χ4v) is 3.34. The van der Waals surface area contributed by atoms with Crippen LogP contribution in [-0.2, 0) is 7.05 Å². The second-order valence-corrected chi connectivity index (χ2v) is 5.88. The minimum atomic E-state index is -0.556. The summed E-state index contributed by atoms with van der Waals surface area (Å²) >= 11 is 0. The number of aryl methyl sites for hydroxylation is 1. The Morgan fingerprint density at radius 2 is 2.35 bits per heavy atom. The lowest BCUT2D eigenvalue weighted by molar-refractivity contribution is -0.0863. The van der Waals surface area contributed by atoms with E-state index in [0.717, 1.165) is 25.7 Å². The van der Waals surface area contributed by atoms with Crippen molar-refractivity contribution < 1.29 is 9.90 Å². The highest BCUT2D eigenvalue weighted by molar-refractivity contribution is 5.87. The van der Waals surface area contributed by atoms with Crippen molar-refractivity contribution in [3.63, 3.8) is 0 Å². The number of anilines is 1. The second-order valence-electron chi connectivity index (χ2n) is 5.88. The molecule has 110 valence electrons. The summed E-state index contributed by atoms with van der Waals surface area (Å²) in [7, 11) is 1.73. The molecule has 2 unspecified atom stereocenters. The highest BCUT2D eigenvalue weighted by atomic mass is 16.3. The number of aromatic nitrogens is 3. The number of carbonyl (C=O) groups is 1. The van der Waals surface area contributed by atoms with Crippen LogP contribution in [-0.4, -0.2) is 49.5 Å². The van der Waals surface area contributed by atoms with E-state index in [4.69, 9.17) is 0 Å². The van der Waals surface area contributed by atoms with Gasteiger partial charge in [-0.15, -0.1) is 0 Å². The van der Waals surface area contributed by atoms with E-state index in [2.05, 4.69) is 15.4 Å². The van der Waals surface area contributed by atoms with Gasteiger partial charge in [-0.3, -0.25) is 5.32 Å². The lowest BCUT2D eigenvalue weighted by Crippen LogP contribution is -2.55. The number of nitrogens with zero attached hydrogens (tertiary/aromatic N) is 4. The van der Waals surface area contributed by atoms with Gasteiger partial charge in [0.25, 0.3) is 0 Å². The Kier molecular flexibility index (Phi) is 3.37.